The molecule has 11 heteroatoms. The summed E-state index contributed by atoms with van der Waals surface area (Å²) in [5.74, 6) is -1.38. The van der Waals surface area contributed by atoms with E-state index in [0.29, 0.717) is 36.4 Å². The molecule has 5 heterocycles. The number of nitrogens with one attached hydrogen (secondary N) is 2. The Morgan fingerprint density at radius 2 is 1.55 bits per heavy atom. The highest BCUT2D eigenvalue weighted by atomic mass is 19.1. The lowest BCUT2D eigenvalue weighted by molar-refractivity contribution is -0.136. The summed E-state index contributed by atoms with van der Waals surface area (Å²) in [5, 5.41) is 5.57. The first-order valence-electron chi connectivity index (χ1n) is 14.7. The minimum absolute atomic E-state index is 0.104. The number of halogens is 1. The maximum absolute atomic E-state index is 15.5. The molecule has 0 aromatic heterocycles. The zero-order valence-electron chi connectivity index (χ0n) is 23.0. The monoisotopic (exact) mass is 554 g/mol. The molecule has 0 saturated carbocycles. The molecule has 4 amide bonds. The van der Waals surface area contributed by atoms with Crippen LogP contribution in [-0.4, -0.2) is 115 Å². The third-order valence-corrected chi connectivity index (χ3v) is 9.39. The number of alkyl halides is 1. The van der Waals surface area contributed by atoms with Gasteiger partial charge in [-0.15, -0.1) is 0 Å². The van der Waals surface area contributed by atoms with Crippen molar-refractivity contribution in [3.05, 3.63) is 29.3 Å². The van der Waals surface area contributed by atoms with Gasteiger partial charge >= 0.3 is 0 Å². The highest BCUT2D eigenvalue weighted by Crippen LogP contribution is 2.33. The van der Waals surface area contributed by atoms with Gasteiger partial charge in [0.15, 0.2) is 0 Å². The van der Waals surface area contributed by atoms with Gasteiger partial charge in [-0.1, -0.05) is 0 Å². The molecule has 216 valence electrons. The van der Waals surface area contributed by atoms with E-state index in [2.05, 4.69) is 25.3 Å². The average molecular weight is 555 g/mol. The fourth-order valence-corrected chi connectivity index (χ4v) is 6.96. The summed E-state index contributed by atoms with van der Waals surface area (Å²) in [5.41, 5.74) is 0.450. The molecule has 1 aromatic rings. The van der Waals surface area contributed by atoms with Crippen LogP contribution in [-0.2, 0) is 9.59 Å². The number of imide groups is 2. The molecular formula is C29H39FN6O4. The lowest BCUT2D eigenvalue weighted by atomic mass is 9.90. The van der Waals surface area contributed by atoms with E-state index < -0.39 is 29.4 Å². The molecule has 1 atom stereocenters. The maximum atomic E-state index is 15.5. The molecule has 1 unspecified atom stereocenters. The number of fused-ring (bicyclic) bond motifs is 1. The Morgan fingerprint density at radius 1 is 0.850 bits per heavy atom. The molecule has 0 radical (unpaired) electrons. The topological polar surface area (TPSA) is 105 Å². The molecule has 4 fully saturated rings. The first kappa shape index (κ1) is 27.3. The number of nitrogens with zero attached hydrogens (tertiary/aromatic N) is 4. The zero-order valence-corrected chi connectivity index (χ0v) is 23.0. The van der Waals surface area contributed by atoms with Gasteiger partial charge in [-0.2, -0.15) is 0 Å². The summed E-state index contributed by atoms with van der Waals surface area (Å²) in [7, 11) is 0. The minimum Gasteiger partial charge on any atom is -0.371 e. The Morgan fingerprint density at radius 3 is 2.25 bits per heavy atom. The number of piperidine rings is 3. The van der Waals surface area contributed by atoms with E-state index >= 15 is 4.39 Å². The van der Waals surface area contributed by atoms with Crippen molar-refractivity contribution < 1.29 is 23.6 Å². The first-order valence-corrected chi connectivity index (χ1v) is 14.7. The largest absolute Gasteiger partial charge is 0.371 e. The molecule has 0 spiro atoms. The van der Waals surface area contributed by atoms with E-state index in [4.69, 9.17) is 0 Å². The molecule has 0 bridgehead atoms. The number of piperazine rings is 1. The highest BCUT2D eigenvalue weighted by molar-refractivity contribution is 6.23. The molecule has 2 N–H and O–H groups in total. The van der Waals surface area contributed by atoms with Crippen LogP contribution in [0.5, 0.6) is 0 Å². The van der Waals surface area contributed by atoms with E-state index in [1.807, 2.05) is 6.07 Å². The van der Waals surface area contributed by atoms with Crippen LogP contribution in [0.15, 0.2) is 18.2 Å². The fraction of sp³-hybridized carbons (Fsp3) is 0.655. The Kier molecular flexibility index (Phi) is 7.62. The second kappa shape index (κ2) is 11.2. The summed E-state index contributed by atoms with van der Waals surface area (Å²) in [4.78, 5) is 58.0. The summed E-state index contributed by atoms with van der Waals surface area (Å²) in [6.07, 6.45) is 3.50. The quantitative estimate of drug-likeness (QED) is 0.503. The third-order valence-electron chi connectivity index (χ3n) is 9.39. The zero-order chi connectivity index (χ0) is 27.9. The van der Waals surface area contributed by atoms with Crippen molar-refractivity contribution in [2.45, 2.75) is 50.2 Å². The number of benzene rings is 1. The molecule has 4 saturated heterocycles. The van der Waals surface area contributed by atoms with Crippen LogP contribution in [0.4, 0.5) is 10.1 Å². The number of carbonyl (C=O) groups excluding carboxylic acids is 4. The molecule has 5 aliphatic heterocycles. The summed E-state index contributed by atoms with van der Waals surface area (Å²) in [6, 6.07) is 4.37. The van der Waals surface area contributed by atoms with Crippen LogP contribution >= 0.6 is 0 Å². The summed E-state index contributed by atoms with van der Waals surface area (Å²) < 4.78 is 15.5. The second-order valence-corrected chi connectivity index (χ2v) is 12.1. The van der Waals surface area contributed by atoms with Crippen LogP contribution in [0.1, 0.15) is 59.2 Å². The number of likely N-dealkylation sites (tertiary alicyclic amines) is 1. The van der Waals surface area contributed by atoms with E-state index in [-0.39, 0.29) is 18.7 Å². The molecular weight excluding hydrogens is 515 g/mol. The maximum Gasteiger partial charge on any atom is 0.262 e. The molecule has 0 aliphatic carbocycles. The Balaban J connectivity index is 1.00. The lowest BCUT2D eigenvalue weighted by Gasteiger charge is -2.42. The Bertz CT molecular complexity index is 1170. The first-order chi connectivity index (χ1) is 19.3. The number of hydrogen-bond acceptors (Lipinski definition) is 8. The standard InChI is InChI=1S/C29H39FN6O4/c30-29(19-34-15-9-31-10-16-34)7-13-33(14-8-29)18-20-5-11-35(12-6-20)21-1-2-22-23(17-21)28(40)36(27(22)39)24-3-4-25(37)32-26(24)38/h1-2,17,20,24,31H,3-16,18-19H2,(H,32,37,38). The van der Waals surface area contributed by atoms with Gasteiger partial charge in [0.1, 0.15) is 11.7 Å². The molecule has 6 rings (SSSR count). The van der Waals surface area contributed by atoms with Gasteiger partial charge < -0.3 is 15.1 Å². The van der Waals surface area contributed by atoms with Gasteiger partial charge in [-0.25, -0.2) is 4.39 Å². The van der Waals surface area contributed by atoms with Crippen molar-refractivity contribution >= 4 is 29.3 Å². The normalized spacial score (nSPS) is 26.8. The van der Waals surface area contributed by atoms with Gasteiger partial charge in [-0.3, -0.25) is 34.3 Å². The number of anilines is 1. The SMILES string of the molecule is O=C1CCC(N2C(=O)c3ccc(N4CCC(CN5CCC(F)(CN6CCNCC6)CC5)CC4)cc3C2=O)C(=O)N1. The number of carbonyl (C=O) groups is 4. The predicted molar refractivity (Wildman–Crippen MR) is 147 cm³/mol. The van der Waals surface area contributed by atoms with E-state index in [1.54, 1.807) is 12.1 Å². The van der Waals surface area contributed by atoms with E-state index in [0.717, 1.165) is 82.3 Å². The van der Waals surface area contributed by atoms with Crippen LogP contribution < -0.4 is 15.5 Å². The van der Waals surface area contributed by atoms with Crippen molar-refractivity contribution in [2.75, 3.05) is 70.3 Å². The van der Waals surface area contributed by atoms with Crippen molar-refractivity contribution in [3.63, 3.8) is 0 Å². The Labute approximate surface area is 234 Å². The summed E-state index contributed by atoms with van der Waals surface area (Å²) in [6.45, 7) is 8.64. The van der Waals surface area contributed by atoms with Crippen LogP contribution in [0.2, 0.25) is 0 Å². The molecule has 10 nitrogen and oxygen atoms in total. The van der Waals surface area contributed by atoms with Crippen LogP contribution in [0.25, 0.3) is 0 Å². The van der Waals surface area contributed by atoms with Gasteiger partial charge in [0.2, 0.25) is 11.8 Å². The van der Waals surface area contributed by atoms with Gasteiger partial charge in [0, 0.05) is 77.6 Å². The average Bonchev–Trinajstić information content (AvgIpc) is 3.20. The number of hydrogen-bond donors (Lipinski definition) is 2. The van der Waals surface area contributed by atoms with E-state index in [9.17, 15) is 19.2 Å². The lowest BCUT2D eigenvalue weighted by Crippen LogP contribution is -2.54. The molecule has 5 aliphatic rings. The van der Waals surface area contributed by atoms with Crippen LogP contribution in [0, 0.1) is 5.92 Å². The highest BCUT2D eigenvalue weighted by Gasteiger charge is 2.45. The molecule has 1 aromatic carbocycles. The molecule has 40 heavy (non-hydrogen) atoms. The third kappa shape index (κ3) is 5.51. The second-order valence-electron chi connectivity index (χ2n) is 12.1. The van der Waals surface area contributed by atoms with Gasteiger partial charge in [-0.05, 0) is 56.2 Å². The number of rotatable bonds is 6. The smallest absolute Gasteiger partial charge is 0.262 e. The predicted octanol–water partition coefficient (Wildman–Crippen LogP) is 1.01. The number of amides is 4. The minimum atomic E-state index is -1.07. The van der Waals surface area contributed by atoms with E-state index in [1.165, 1.54) is 0 Å². The fourth-order valence-electron chi connectivity index (χ4n) is 6.96. The van der Waals surface area contributed by atoms with Crippen molar-refractivity contribution in [1.82, 2.24) is 25.3 Å². The van der Waals surface area contributed by atoms with Gasteiger partial charge in [0.05, 0.1) is 11.1 Å². The summed E-state index contributed by atoms with van der Waals surface area (Å²) >= 11 is 0. The van der Waals surface area contributed by atoms with Crippen molar-refractivity contribution in [3.8, 4) is 0 Å². The van der Waals surface area contributed by atoms with Crippen molar-refractivity contribution in [2.24, 2.45) is 5.92 Å². The Hall–Kier alpha value is -2.89. The van der Waals surface area contributed by atoms with Gasteiger partial charge in [0.25, 0.3) is 11.8 Å². The van der Waals surface area contributed by atoms with Crippen molar-refractivity contribution in [1.29, 1.82) is 0 Å². The van der Waals surface area contributed by atoms with Crippen LogP contribution in [0.3, 0.4) is 0 Å².